The Hall–Kier alpha value is -0.0800. The van der Waals surface area contributed by atoms with Gasteiger partial charge in [0.05, 0.1) is 0 Å². The summed E-state index contributed by atoms with van der Waals surface area (Å²) in [5, 5.41) is 7.01. The molecule has 0 radical (unpaired) electrons. The summed E-state index contributed by atoms with van der Waals surface area (Å²) in [6.07, 6.45) is 8.22. The largest absolute Gasteiger partial charge is 0.317 e. The van der Waals surface area contributed by atoms with Crippen LogP contribution in [0.5, 0.6) is 0 Å². The summed E-state index contributed by atoms with van der Waals surface area (Å²) in [4.78, 5) is 0. The van der Waals surface area contributed by atoms with Crippen molar-refractivity contribution in [3.05, 3.63) is 0 Å². The van der Waals surface area contributed by atoms with Gasteiger partial charge >= 0.3 is 0 Å². The summed E-state index contributed by atoms with van der Waals surface area (Å²) in [5.41, 5.74) is 0. The van der Waals surface area contributed by atoms with E-state index in [0.717, 1.165) is 5.92 Å². The molecular weight excluding hydrogens is 172 g/mol. The minimum absolute atomic E-state index is 0.933. The second-order valence-corrected chi connectivity index (χ2v) is 4.46. The van der Waals surface area contributed by atoms with Gasteiger partial charge in [-0.2, -0.15) is 0 Å². The van der Waals surface area contributed by atoms with Crippen LogP contribution in [0.4, 0.5) is 0 Å². The van der Waals surface area contributed by atoms with E-state index in [4.69, 9.17) is 0 Å². The maximum Gasteiger partial charge on any atom is -0.00200 e. The van der Waals surface area contributed by atoms with Gasteiger partial charge in [-0.15, -0.1) is 0 Å². The molecule has 2 heteroatoms. The Morgan fingerprint density at radius 1 is 1.29 bits per heavy atom. The van der Waals surface area contributed by atoms with Crippen LogP contribution in [-0.4, -0.2) is 26.2 Å². The summed E-state index contributed by atoms with van der Waals surface area (Å²) in [6.45, 7) is 7.18. The Balaban J connectivity index is 1.82. The molecule has 0 bridgehead atoms. The molecule has 0 aromatic carbocycles. The average molecular weight is 198 g/mol. The van der Waals surface area contributed by atoms with Crippen LogP contribution in [0.2, 0.25) is 0 Å². The van der Waals surface area contributed by atoms with Crippen molar-refractivity contribution in [3.8, 4) is 0 Å². The number of rotatable bonds is 7. The highest BCUT2D eigenvalue weighted by atomic mass is 14.9. The van der Waals surface area contributed by atoms with Crippen LogP contribution in [0.25, 0.3) is 0 Å². The Kier molecular flexibility index (Phi) is 7.06. The van der Waals surface area contributed by atoms with Gasteiger partial charge < -0.3 is 10.6 Å². The van der Waals surface area contributed by atoms with E-state index in [0.29, 0.717) is 0 Å². The lowest BCUT2D eigenvalue weighted by molar-refractivity contribution is 0.351. The molecule has 2 N–H and O–H groups in total. The quantitative estimate of drug-likeness (QED) is 0.613. The third-order valence-corrected chi connectivity index (χ3v) is 3.09. The highest BCUT2D eigenvalue weighted by Gasteiger charge is 2.11. The van der Waals surface area contributed by atoms with Gasteiger partial charge in [-0.25, -0.2) is 0 Å². The summed E-state index contributed by atoms with van der Waals surface area (Å²) >= 11 is 0. The first-order valence-corrected chi connectivity index (χ1v) is 6.35. The van der Waals surface area contributed by atoms with Crippen LogP contribution in [0.3, 0.4) is 0 Å². The molecule has 14 heavy (non-hydrogen) atoms. The average Bonchev–Trinajstić information content (AvgIpc) is 2.25. The molecule has 0 saturated carbocycles. The zero-order chi connectivity index (χ0) is 10.1. The fourth-order valence-corrected chi connectivity index (χ4v) is 2.10. The van der Waals surface area contributed by atoms with Crippen LogP contribution in [0.15, 0.2) is 0 Å². The molecule has 1 unspecified atom stereocenters. The lowest BCUT2D eigenvalue weighted by Crippen LogP contribution is -2.31. The van der Waals surface area contributed by atoms with Gasteiger partial charge in [0, 0.05) is 0 Å². The van der Waals surface area contributed by atoms with E-state index in [1.165, 1.54) is 64.7 Å². The molecule has 1 heterocycles. The van der Waals surface area contributed by atoms with Crippen LogP contribution < -0.4 is 10.6 Å². The zero-order valence-corrected chi connectivity index (χ0v) is 9.65. The highest BCUT2D eigenvalue weighted by Crippen LogP contribution is 2.12. The fraction of sp³-hybridized carbons (Fsp3) is 1.00. The number of piperidine rings is 1. The summed E-state index contributed by atoms with van der Waals surface area (Å²) in [6, 6.07) is 0. The molecule has 1 rings (SSSR count). The van der Waals surface area contributed by atoms with Gasteiger partial charge in [0.2, 0.25) is 0 Å². The molecule has 1 fully saturated rings. The highest BCUT2D eigenvalue weighted by molar-refractivity contribution is 4.69. The molecule has 1 aliphatic rings. The van der Waals surface area contributed by atoms with Gasteiger partial charge in [-0.1, -0.05) is 19.8 Å². The first-order valence-electron chi connectivity index (χ1n) is 6.35. The molecule has 84 valence electrons. The van der Waals surface area contributed by atoms with Crippen LogP contribution >= 0.6 is 0 Å². The van der Waals surface area contributed by atoms with Crippen molar-refractivity contribution in [1.29, 1.82) is 0 Å². The van der Waals surface area contributed by atoms with Gasteiger partial charge in [-0.3, -0.25) is 0 Å². The van der Waals surface area contributed by atoms with E-state index in [1.54, 1.807) is 0 Å². The summed E-state index contributed by atoms with van der Waals surface area (Å²) in [7, 11) is 0. The first-order chi connectivity index (χ1) is 6.93. The normalized spacial score (nSPS) is 22.5. The van der Waals surface area contributed by atoms with E-state index in [9.17, 15) is 0 Å². The Morgan fingerprint density at radius 2 is 2.21 bits per heavy atom. The monoisotopic (exact) mass is 198 g/mol. The van der Waals surface area contributed by atoms with Crippen molar-refractivity contribution in [2.24, 2.45) is 5.92 Å². The second kappa shape index (κ2) is 8.25. The summed E-state index contributed by atoms with van der Waals surface area (Å²) in [5.74, 6) is 0.933. The third-order valence-electron chi connectivity index (χ3n) is 3.09. The Bertz CT molecular complexity index is 119. The first kappa shape index (κ1) is 12.0. The van der Waals surface area contributed by atoms with Crippen molar-refractivity contribution in [1.82, 2.24) is 10.6 Å². The zero-order valence-electron chi connectivity index (χ0n) is 9.65. The standard InChI is InChI=1S/C12H26N2/c1-2-3-4-8-13-10-7-12-6-5-9-14-11-12/h12-14H,2-11H2,1H3. The van der Waals surface area contributed by atoms with Gasteiger partial charge in [0.1, 0.15) is 0 Å². The Morgan fingerprint density at radius 3 is 2.93 bits per heavy atom. The van der Waals surface area contributed by atoms with Crippen molar-refractivity contribution >= 4 is 0 Å². The molecule has 0 aliphatic carbocycles. The van der Waals surface area contributed by atoms with Crippen LogP contribution in [0, 0.1) is 5.92 Å². The number of hydrogen-bond donors (Lipinski definition) is 2. The lowest BCUT2D eigenvalue weighted by Gasteiger charge is -2.22. The van der Waals surface area contributed by atoms with E-state index in [-0.39, 0.29) is 0 Å². The van der Waals surface area contributed by atoms with Crippen molar-refractivity contribution < 1.29 is 0 Å². The topological polar surface area (TPSA) is 24.1 Å². The molecule has 1 aliphatic heterocycles. The van der Waals surface area contributed by atoms with Crippen molar-refractivity contribution in [2.75, 3.05) is 26.2 Å². The van der Waals surface area contributed by atoms with E-state index in [1.807, 2.05) is 0 Å². The second-order valence-electron chi connectivity index (χ2n) is 4.46. The predicted octanol–water partition coefficient (Wildman–Crippen LogP) is 2.16. The van der Waals surface area contributed by atoms with Gasteiger partial charge in [0.15, 0.2) is 0 Å². The Labute approximate surface area is 88.8 Å². The van der Waals surface area contributed by atoms with Gasteiger partial charge in [0.25, 0.3) is 0 Å². The molecule has 2 nitrogen and oxygen atoms in total. The van der Waals surface area contributed by atoms with E-state index >= 15 is 0 Å². The maximum atomic E-state index is 3.54. The smallest absolute Gasteiger partial charge is 0.00200 e. The number of unbranched alkanes of at least 4 members (excludes halogenated alkanes) is 2. The number of nitrogens with one attached hydrogen (secondary N) is 2. The predicted molar refractivity (Wildman–Crippen MR) is 62.6 cm³/mol. The molecule has 0 aromatic heterocycles. The molecule has 1 saturated heterocycles. The molecular formula is C12H26N2. The minimum atomic E-state index is 0.933. The van der Waals surface area contributed by atoms with Crippen LogP contribution in [0.1, 0.15) is 45.4 Å². The third kappa shape index (κ3) is 5.61. The van der Waals surface area contributed by atoms with Crippen molar-refractivity contribution in [3.63, 3.8) is 0 Å². The molecule has 1 atom stereocenters. The molecule has 0 aromatic rings. The minimum Gasteiger partial charge on any atom is -0.317 e. The number of hydrogen-bond acceptors (Lipinski definition) is 2. The van der Waals surface area contributed by atoms with Crippen LogP contribution in [-0.2, 0) is 0 Å². The van der Waals surface area contributed by atoms with Gasteiger partial charge in [-0.05, 0) is 57.8 Å². The molecule has 0 spiro atoms. The maximum absolute atomic E-state index is 3.54. The van der Waals surface area contributed by atoms with E-state index < -0.39 is 0 Å². The summed E-state index contributed by atoms with van der Waals surface area (Å²) < 4.78 is 0. The molecule has 0 amide bonds. The van der Waals surface area contributed by atoms with Crippen molar-refractivity contribution in [2.45, 2.75) is 45.4 Å². The lowest BCUT2D eigenvalue weighted by atomic mass is 9.96. The SMILES string of the molecule is CCCCCNCCC1CCCNC1. The fourth-order valence-electron chi connectivity index (χ4n) is 2.10. The van der Waals surface area contributed by atoms with E-state index in [2.05, 4.69) is 17.6 Å².